The van der Waals surface area contributed by atoms with E-state index in [4.69, 9.17) is 14.6 Å². The molecule has 3 aromatic rings. The Kier molecular flexibility index (Phi) is 5.35. The lowest BCUT2D eigenvalue weighted by Gasteiger charge is -2.34. The normalized spacial score (nSPS) is 16.4. The molecular formula is C26H28N3O2+. The summed E-state index contributed by atoms with van der Waals surface area (Å²) in [7, 11) is 3.31. The van der Waals surface area contributed by atoms with Gasteiger partial charge in [-0.15, -0.1) is 0 Å². The highest BCUT2D eigenvalue weighted by Gasteiger charge is 2.37. The zero-order valence-corrected chi connectivity index (χ0v) is 18.0. The van der Waals surface area contributed by atoms with Gasteiger partial charge < -0.3 is 14.4 Å². The van der Waals surface area contributed by atoms with Gasteiger partial charge in [0, 0.05) is 16.7 Å². The van der Waals surface area contributed by atoms with Gasteiger partial charge in [0.15, 0.2) is 11.5 Å². The predicted molar refractivity (Wildman–Crippen MR) is 123 cm³/mol. The first kappa shape index (κ1) is 19.6. The van der Waals surface area contributed by atoms with Gasteiger partial charge >= 0.3 is 0 Å². The molecule has 1 aliphatic carbocycles. The Morgan fingerprint density at radius 1 is 0.839 bits per heavy atom. The Bertz CT molecular complexity index is 1060. The summed E-state index contributed by atoms with van der Waals surface area (Å²) in [5.74, 6) is 1.44. The summed E-state index contributed by atoms with van der Waals surface area (Å²) in [5.41, 5.74) is 6.62. The molecule has 0 amide bonds. The lowest BCUT2D eigenvalue weighted by molar-refractivity contribution is -0.929. The summed E-state index contributed by atoms with van der Waals surface area (Å²) in [6.45, 7) is 3.97. The van der Waals surface area contributed by atoms with Crippen LogP contribution in [0.25, 0.3) is 11.1 Å². The number of para-hydroxylation sites is 1. The third-order valence-electron chi connectivity index (χ3n) is 6.42. The van der Waals surface area contributed by atoms with Crippen molar-refractivity contribution in [3.05, 3.63) is 83.4 Å². The van der Waals surface area contributed by atoms with Crippen molar-refractivity contribution in [2.24, 2.45) is 5.10 Å². The van der Waals surface area contributed by atoms with Crippen LogP contribution >= 0.6 is 0 Å². The van der Waals surface area contributed by atoms with Crippen LogP contribution in [0.3, 0.4) is 0 Å². The Morgan fingerprint density at radius 3 is 2.10 bits per heavy atom. The molecule has 5 heteroatoms. The van der Waals surface area contributed by atoms with Gasteiger partial charge in [0.1, 0.15) is 6.04 Å². The van der Waals surface area contributed by atoms with E-state index in [1.165, 1.54) is 22.3 Å². The zero-order valence-electron chi connectivity index (χ0n) is 18.0. The lowest BCUT2D eigenvalue weighted by Crippen LogP contribution is -3.14. The van der Waals surface area contributed by atoms with Crippen molar-refractivity contribution in [3.63, 3.8) is 0 Å². The van der Waals surface area contributed by atoms with Crippen LogP contribution in [-0.4, -0.2) is 51.6 Å². The molecule has 1 saturated heterocycles. The van der Waals surface area contributed by atoms with E-state index >= 15 is 0 Å². The molecule has 31 heavy (non-hydrogen) atoms. The van der Waals surface area contributed by atoms with E-state index in [2.05, 4.69) is 53.5 Å². The SMILES string of the molecule is COc1cccc(/C=N/N2CC[NH+](C3c4ccccc4-c4ccccc43)CC2)c1OC. The maximum atomic E-state index is 5.52. The minimum Gasteiger partial charge on any atom is -0.493 e. The van der Waals surface area contributed by atoms with Crippen molar-refractivity contribution < 1.29 is 14.4 Å². The van der Waals surface area contributed by atoms with Crippen LogP contribution < -0.4 is 14.4 Å². The average molecular weight is 415 g/mol. The number of hydrazone groups is 1. The fourth-order valence-electron chi connectivity index (χ4n) is 4.94. The lowest BCUT2D eigenvalue weighted by atomic mass is 10.0. The summed E-state index contributed by atoms with van der Waals surface area (Å²) in [5, 5.41) is 6.91. The number of quaternary nitrogens is 1. The smallest absolute Gasteiger partial charge is 0.169 e. The molecule has 1 heterocycles. The number of nitrogens with zero attached hydrogens (tertiary/aromatic N) is 2. The fraction of sp³-hybridized carbons (Fsp3) is 0.269. The molecule has 1 N–H and O–H groups in total. The minimum absolute atomic E-state index is 0.414. The molecule has 0 aromatic heterocycles. The second kappa shape index (κ2) is 8.44. The molecule has 3 aromatic carbocycles. The number of hydrogen-bond acceptors (Lipinski definition) is 4. The fourth-order valence-corrected chi connectivity index (χ4v) is 4.94. The van der Waals surface area contributed by atoms with Gasteiger partial charge in [-0.2, -0.15) is 5.10 Å². The molecule has 0 saturated carbocycles. The number of methoxy groups -OCH3 is 2. The Hall–Kier alpha value is -3.31. The molecule has 158 valence electrons. The van der Waals surface area contributed by atoms with Crippen LogP contribution in [0.5, 0.6) is 11.5 Å². The first-order valence-corrected chi connectivity index (χ1v) is 10.8. The summed E-state index contributed by atoms with van der Waals surface area (Å²) in [6.07, 6.45) is 1.88. The highest BCUT2D eigenvalue weighted by Crippen LogP contribution is 2.41. The van der Waals surface area contributed by atoms with Gasteiger partial charge in [-0.3, -0.25) is 5.01 Å². The number of benzene rings is 3. The predicted octanol–water partition coefficient (Wildman–Crippen LogP) is 3.01. The average Bonchev–Trinajstić information content (AvgIpc) is 3.17. The maximum Gasteiger partial charge on any atom is 0.169 e. The van der Waals surface area contributed by atoms with E-state index in [0.29, 0.717) is 6.04 Å². The molecule has 2 aliphatic rings. The van der Waals surface area contributed by atoms with Gasteiger partial charge in [-0.05, 0) is 23.3 Å². The topological polar surface area (TPSA) is 38.5 Å². The van der Waals surface area contributed by atoms with Gasteiger partial charge in [0.05, 0.1) is 46.6 Å². The summed E-state index contributed by atoms with van der Waals surface area (Å²) >= 11 is 0. The molecule has 0 unspecified atom stereocenters. The van der Waals surface area contributed by atoms with E-state index in [9.17, 15) is 0 Å². The van der Waals surface area contributed by atoms with Crippen LogP contribution in [0, 0.1) is 0 Å². The monoisotopic (exact) mass is 414 g/mol. The highest BCUT2D eigenvalue weighted by molar-refractivity contribution is 5.85. The summed E-state index contributed by atoms with van der Waals surface area (Å²) in [4.78, 5) is 1.61. The van der Waals surface area contributed by atoms with Gasteiger partial charge in [-0.25, -0.2) is 0 Å². The van der Waals surface area contributed by atoms with Crippen molar-refractivity contribution in [3.8, 4) is 22.6 Å². The van der Waals surface area contributed by atoms with Gasteiger partial charge in [0.25, 0.3) is 0 Å². The van der Waals surface area contributed by atoms with E-state index in [-0.39, 0.29) is 0 Å². The van der Waals surface area contributed by atoms with Crippen LogP contribution in [-0.2, 0) is 0 Å². The van der Waals surface area contributed by atoms with Crippen molar-refractivity contribution in [2.45, 2.75) is 6.04 Å². The first-order valence-electron chi connectivity index (χ1n) is 10.8. The second-order valence-electron chi connectivity index (χ2n) is 8.05. The largest absolute Gasteiger partial charge is 0.493 e. The third kappa shape index (κ3) is 3.55. The highest BCUT2D eigenvalue weighted by atomic mass is 16.5. The second-order valence-corrected chi connectivity index (χ2v) is 8.05. The first-order chi connectivity index (χ1) is 15.3. The number of rotatable bonds is 5. The number of ether oxygens (including phenoxy) is 2. The van der Waals surface area contributed by atoms with E-state index < -0.39 is 0 Å². The Balaban J connectivity index is 1.31. The zero-order chi connectivity index (χ0) is 21.2. The van der Waals surface area contributed by atoms with E-state index in [1.54, 1.807) is 19.1 Å². The molecule has 0 atom stereocenters. The molecule has 0 spiro atoms. The standard InChI is InChI=1S/C26H27N3O2/c1-30-24-13-7-8-19(26(24)31-2)18-27-29-16-14-28(15-17-29)25-22-11-5-3-9-20(22)21-10-4-6-12-23(21)25/h3-13,18,25H,14-17H2,1-2H3/p+1/b27-18+. The number of nitrogens with one attached hydrogen (secondary N) is 1. The van der Waals surface area contributed by atoms with Crippen molar-refractivity contribution >= 4 is 6.21 Å². The quantitative estimate of drug-likeness (QED) is 0.653. The minimum atomic E-state index is 0.414. The summed E-state index contributed by atoms with van der Waals surface area (Å²) in [6, 6.07) is 24.0. The number of piperazine rings is 1. The molecule has 5 nitrogen and oxygen atoms in total. The van der Waals surface area contributed by atoms with Crippen molar-refractivity contribution in [2.75, 3.05) is 40.4 Å². The maximum absolute atomic E-state index is 5.52. The molecule has 1 aliphatic heterocycles. The Labute approximate surface area is 183 Å². The van der Waals surface area contributed by atoms with E-state index in [0.717, 1.165) is 43.2 Å². The molecule has 0 radical (unpaired) electrons. The molecule has 5 rings (SSSR count). The van der Waals surface area contributed by atoms with Gasteiger partial charge in [0.2, 0.25) is 0 Å². The van der Waals surface area contributed by atoms with E-state index in [1.807, 2.05) is 24.4 Å². The molecule has 1 fully saturated rings. The van der Waals surface area contributed by atoms with Gasteiger partial charge in [-0.1, -0.05) is 54.6 Å². The van der Waals surface area contributed by atoms with Crippen LogP contribution in [0.4, 0.5) is 0 Å². The van der Waals surface area contributed by atoms with Crippen LogP contribution in [0.2, 0.25) is 0 Å². The molecular weight excluding hydrogens is 386 g/mol. The number of hydrogen-bond donors (Lipinski definition) is 1. The Morgan fingerprint density at radius 2 is 1.48 bits per heavy atom. The third-order valence-corrected chi connectivity index (χ3v) is 6.42. The van der Waals surface area contributed by atoms with Crippen LogP contribution in [0.15, 0.2) is 71.8 Å². The van der Waals surface area contributed by atoms with Crippen molar-refractivity contribution in [1.82, 2.24) is 5.01 Å². The molecule has 0 bridgehead atoms. The van der Waals surface area contributed by atoms with Crippen LogP contribution in [0.1, 0.15) is 22.7 Å². The summed E-state index contributed by atoms with van der Waals surface area (Å²) < 4.78 is 10.9. The van der Waals surface area contributed by atoms with Crippen molar-refractivity contribution in [1.29, 1.82) is 0 Å². The number of fused-ring (bicyclic) bond motifs is 3.